The predicted octanol–water partition coefficient (Wildman–Crippen LogP) is 4.24. The summed E-state index contributed by atoms with van der Waals surface area (Å²) in [4.78, 5) is 12.6. The lowest BCUT2D eigenvalue weighted by molar-refractivity contribution is 0.101. The summed E-state index contributed by atoms with van der Waals surface area (Å²) >= 11 is 0. The number of nitrogens with zero attached hydrogens (tertiary/aromatic N) is 1. The van der Waals surface area contributed by atoms with E-state index >= 15 is 0 Å². The van der Waals surface area contributed by atoms with Crippen molar-refractivity contribution < 1.29 is 18.8 Å². The molecule has 24 heavy (non-hydrogen) atoms. The zero-order chi connectivity index (χ0) is 17.5. The van der Waals surface area contributed by atoms with E-state index in [1.54, 1.807) is 24.3 Å². The maximum atomic E-state index is 12.6. The summed E-state index contributed by atoms with van der Waals surface area (Å²) < 4.78 is 15.8. The van der Waals surface area contributed by atoms with Gasteiger partial charge < -0.3 is 14.0 Å². The molecule has 1 amide bonds. The number of anilines is 1. The molecule has 2 aromatic rings. The maximum absolute atomic E-state index is 12.6. The molecule has 1 aromatic carbocycles. The SMILES string of the molecule is CCCC(CC)c1cc(NC(=O)c2c(OC)cccc2OC)on1. The lowest BCUT2D eigenvalue weighted by Gasteiger charge is -2.11. The van der Waals surface area contributed by atoms with Crippen LogP contribution in [0.1, 0.15) is 55.1 Å². The van der Waals surface area contributed by atoms with Crippen molar-refractivity contribution in [3.63, 3.8) is 0 Å². The van der Waals surface area contributed by atoms with Gasteiger partial charge in [-0.05, 0) is 25.0 Å². The second-order valence-corrected chi connectivity index (χ2v) is 5.50. The number of methoxy groups -OCH3 is 2. The smallest absolute Gasteiger partial charge is 0.265 e. The van der Waals surface area contributed by atoms with Crippen molar-refractivity contribution in [2.45, 2.75) is 39.0 Å². The topological polar surface area (TPSA) is 73.6 Å². The lowest BCUT2D eigenvalue weighted by atomic mass is 9.97. The van der Waals surface area contributed by atoms with E-state index in [0.29, 0.717) is 28.9 Å². The third-order valence-corrected chi connectivity index (χ3v) is 3.97. The minimum Gasteiger partial charge on any atom is -0.496 e. The highest BCUT2D eigenvalue weighted by molar-refractivity contribution is 6.07. The molecule has 2 rings (SSSR count). The summed E-state index contributed by atoms with van der Waals surface area (Å²) in [6.45, 7) is 4.26. The third-order valence-electron chi connectivity index (χ3n) is 3.97. The van der Waals surface area contributed by atoms with Crippen LogP contribution in [0.2, 0.25) is 0 Å². The number of carbonyl (C=O) groups excluding carboxylic acids is 1. The van der Waals surface area contributed by atoms with Crippen LogP contribution in [0, 0.1) is 0 Å². The molecule has 0 saturated carbocycles. The maximum Gasteiger partial charge on any atom is 0.265 e. The van der Waals surface area contributed by atoms with Gasteiger partial charge in [0, 0.05) is 12.0 Å². The molecule has 0 spiro atoms. The van der Waals surface area contributed by atoms with Crippen LogP contribution in [0.4, 0.5) is 5.88 Å². The molecule has 0 radical (unpaired) electrons. The van der Waals surface area contributed by atoms with E-state index in [9.17, 15) is 4.79 Å². The normalized spacial score (nSPS) is 11.8. The first-order chi connectivity index (χ1) is 11.6. The van der Waals surface area contributed by atoms with Crippen molar-refractivity contribution in [1.29, 1.82) is 0 Å². The molecule has 1 N–H and O–H groups in total. The molecule has 6 nitrogen and oxygen atoms in total. The van der Waals surface area contributed by atoms with Crippen LogP contribution < -0.4 is 14.8 Å². The van der Waals surface area contributed by atoms with Crippen LogP contribution in [-0.4, -0.2) is 25.3 Å². The fraction of sp³-hybridized carbons (Fsp3) is 0.444. The molecule has 130 valence electrons. The standard InChI is InChI=1S/C18H24N2O4/c1-5-8-12(6-2)13-11-16(24-20-13)19-18(21)17-14(22-3)9-7-10-15(17)23-4/h7,9-12H,5-6,8H2,1-4H3,(H,19,21). The van der Waals surface area contributed by atoms with Gasteiger partial charge in [0.25, 0.3) is 5.91 Å². The number of carbonyl (C=O) groups is 1. The summed E-state index contributed by atoms with van der Waals surface area (Å²) in [5.41, 5.74) is 1.18. The summed E-state index contributed by atoms with van der Waals surface area (Å²) in [6, 6.07) is 6.95. The minimum atomic E-state index is -0.365. The fourth-order valence-electron chi connectivity index (χ4n) is 2.70. The Morgan fingerprint density at radius 2 is 1.92 bits per heavy atom. The highest BCUT2D eigenvalue weighted by atomic mass is 16.5. The van der Waals surface area contributed by atoms with Gasteiger partial charge in [-0.15, -0.1) is 0 Å². The quantitative estimate of drug-likeness (QED) is 0.783. The molecule has 1 heterocycles. The molecule has 1 atom stereocenters. The average Bonchev–Trinajstić information content (AvgIpc) is 3.06. The number of benzene rings is 1. The number of nitrogens with one attached hydrogen (secondary N) is 1. The average molecular weight is 332 g/mol. The second-order valence-electron chi connectivity index (χ2n) is 5.50. The second kappa shape index (κ2) is 8.38. The van der Waals surface area contributed by atoms with Crippen molar-refractivity contribution in [2.24, 2.45) is 0 Å². The van der Waals surface area contributed by atoms with Crippen molar-refractivity contribution in [2.75, 3.05) is 19.5 Å². The molecule has 0 aliphatic rings. The Labute approximate surface area is 142 Å². The number of hydrogen-bond donors (Lipinski definition) is 1. The van der Waals surface area contributed by atoms with Crippen LogP contribution in [0.15, 0.2) is 28.8 Å². The Morgan fingerprint density at radius 3 is 2.46 bits per heavy atom. The van der Waals surface area contributed by atoms with E-state index in [-0.39, 0.29) is 5.91 Å². The van der Waals surface area contributed by atoms with Crippen LogP contribution in [0.3, 0.4) is 0 Å². The number of ether oxygens (including phenoxy) is 2. The third kappa shape index (κ3) is 3.88. The van der Waals surface area contributed by atoms with E-state index in [1.807, 2.05) is 0 Å². The Morgan fingerprint density at radius 1 is 1.25 bits per heavy atom. The summed E-state index contributed by atoms with van der Waals surface area (Å²) in [6.07, 6.45) is 3.09. The highest BCUT2D eigenvalue weighted by Crippen LogP contribution is 2.30. The Hall–Kier alpha value is -2.50. The van der Waals surface area contributed by atoms with Crippen molar-refractivity contribution in [3.05, 3.63) is 35.5 Å². The first kappa shape index (κ1) is 17.8. The van der Waals surface area contributed by atoms with Crippen molar-refractivity contribution in [1.82, 2.24) is 5.16 Å². The Kier molecular flexibility index (Phi) is 6.23. The van der Waals surface area contributed by atoms with Gasteiger partial charge in [-0.2, -0.15) is 0 Å². The largest absolute Gasteiger partial charge is 0.496 e. The number of hydrogen-bond acceptors (Lipinski definition) is 5. The highest BCUT2D eigenvalue weighted by Gasteiger charge is 2.21. The minimum absolute atomic E-state index is 0.317. The summed E-state index contributed by atoms with van der Waals surface area (Å²) in [5.74, 6) is 1.16. The lowest BCUT2D eigenvalue weighted by Crippen LogP contribution is -2.14. The van der Waals surface area contributed by atoms with Gasteiger partial charge in [-0.25, -0.2) is 0 Å². The van der Waals surface area contributed by atoms with E-state index in [4.69, 9.17) is 14.0 Å². The van der Waals surface area contributed by atoms with E-state index in [2.05, 4.69) is 24.3 Å². The molecule has 1 aromatic heterocycles. The monoisotopic (exact) mass is 332 g/mol. The molecule has 6 heteroatoms. The fourth-order valence-corrected chi connectivity index (χ4v) is 2.70. The van der Waals surface area contributed by atoms with E-state index < -0.39 is 0 Å². The predicted molar refractivity (Wildman–Crippen MR) is 91.9 cm³/mol. The van der Waals surface area contributed by atoms with Gasteiger partial charge in [-0.3, -0.25) is 10.1 Å². The number of rotatable bonds is 8. The van der Waals surface area contributed by atoms with Gasteiger partial charge in [-0.1, -0.05) is 31.5 Å². The zero-order valence-corrected chi connectivity index (χ0v) is 14.6. The van der Waals surface area contributed by atoms with Gasteiger partial charge >= 0.3 is 0 Å². The Balaban J connectivity index is 2.20. The van der Waals surface area contributed by atoms with E-state index in [0.717, 1.165) is 25.0 Å². The van der Waals surface area contributed by atoms with Crippen LogP contribution in [-0.2, 0) is 0 Å². The molecular formula is C18H24N2O4. The van der Waals surface area contributed by atoms with Gasteiger partial charge in [0.05, 0.1) is 19.9 Å². The first-order valence-corrected chi connectivity index (χ1v) is 8.13. The summed E-state index contributed by atoms with van der Waals surface area (Å²) in [7, 11) is 3.02. The van der Waals surface area contributed by atoms with Gasteiger partial charge in [0.2, 0.25) is 5.88 Å². The summed E-state index contributed by atoms with van der Waals surface area (Å²) in [5, 5.41) is 6.81. The Bertz CT molecular complexity index is 659. The molecule has 0 fully saturated rings. The van der Waals surface area contributed by atoms with E-state index in [1.165, 1.54) is 14.2 Å². The number of amides is 1. The van der Waals surface area contributed by atoms with Crippen LogP contribution >= 0.6 is 0 Å². The molecule has 0 aliphatic carbocycles. The molecule has 0 saturated heterocycles. The van der Waals surface area contributed by atoms with Crippen LogP contribution in [0.5, 0.6) is 11.5 Å². The van der Waals surface area contributed by atoms with Crippen molar-refractivity contribution in [3.8, 4) is 11.5 Å². The molecule has 1 unspecified atom stereocenters. The van der Waals surface area contributed by atoms with Gasteiger partial charge in [0.15, 0.2) is 0 Å². The van der Waals surface area contributed by atoms with Crippen molar-refractivity contribution >= 4 is 11.8 Å². The van der Waals surface area contributed by atoms with Crippen LogP contribution in [0.25, 0.3) is 0 Å². The molecule has 0 bridgehead atoms. The zero-order valence-electron chi connectivity index (χ0n) is 14.6. The number of aromatic nitrogens is 1. The first-order valence-electron chi connectivity index (χ1n) is 8.13. The van der Waals surface area contributed by atoms with Gasteiger partial charge in [0.1, 0.15) is 17.1 Å². The molecule has 0 aliphatic heterocycles. The molecular weight excluding hydrogens is 308 g/mol.